The van der Waals surface area contributed by atoms with E-state index in [1.165, 1.54) is 5.57 Å². The molecule has 0 bridgehead atoms. The second-order valence-corrected chi connectivity index (χ2v) is 17.3. The number of hydrogen-bond acceptors (Lipinski definition) is 7. The molecule has 5 N–H and O–H groups in total. The van der Waals surface area contributed by atoms with Crippen molar-refractivity contribution in [1.82, 2.24) is 0 Å². The van der Waals surface area contributed by atoms with Gasteiger partial charge < -0.3 is 35.0 Å². The van der Waals surface area contributed by atoms with Crippen LogP contribution >= 0.6 is 0 Å². The Morgan fingerprint density at radius 2 is 1.63 bits per heavy atom. The monoisotopic (exact) mass is 604 g/mol. The first-order chi connectivity index (χ1) is 20.0. The molecule has 0 aromatic rings. The van der Waals surface area contributed by atoms with Gasteiger partial charge in [-0.25, -0.2) is 0 Å². The maximum absolute atomic E-state index is 12.9. The number of carboxylic acids is 1. The molecule has 5 aliphatic carbocycles. The van der Waals surface area contributed by atoms with Crippen molar-refractivity contribution in [2.24, 2.45) is 50.2 Å². The fourth-order valence-electron chi connectivity index (χ4n) is 11.9. The molecule has 1 saturated heterocycles. The van der Waals surface area contributed by atoms with Crippen LogP contribution in [0, 0.1) is 50.2 Å². The van der Waals surface area contributed by atoms with E-state index in [1.54, 1.807) is 0 Å². The highest BCUT2D eigenvalue weighted by atomic mass is 16.7. The molecule has 5 fully saturated rings. The minimum absolute atomic E-state index is 0.0154. The first-order valence-corrected chi connectivity index (χ1v) is 16.9. The van der Waals surface area contributed by atoms with Crippen LogP contribution in [-0.4, -0.2) is 75.4 Å². The van der Waals surface area contributed by atoms with E-state index >= 15 is 0 Å². The third-order valence-corrected chi connectivity index (χ3v) is 14.9. The molecule has 43 heavy (non-hydrogen) atoms. The van der Waals surface area contributed by atoms with Crippen molar-refractivity contribution in [2.75, 3.05) is 13.2 Å². The molecule has 0 amide bonds. The van der Waals surface area contributed by atoms with Gasteiger partial charge in [-0.15, -0.1) is 0 Å². The summed E-state index contributed by atoms with van der Waals surface area (Å²) >= 11 is 0. The van der Waals surface area contributed by atoms with E-state index in [1.807, 2.05) is 0 Å². The maximum Gasteiger partial charge on any atom is 0.310 e. The molecular formula is C35H56O8. The van der Waals surface area contributed by atoms with Crippen molar-refractivity contribution in [3.8, 4) is 0 Å². The second-order valence-electron chi connectivity index (χ2n) is 17.3. The number of ether oxygens (including phenoxy) is 2. The van der Waals surface area contributed by atoms with Gasteiger partial charge >= 0.3 is 5.97 Å². The van der Waals surface area contributed by atoms with E-state index in [9.17, 15) is 30.3 Å². The summed E-state index contributed by atoms with van der Waals surface area (Å²) in [6, 6.07) is 0. The zero-order valence-corrected chi connectivity index (χ0v) is 27.1. The van der Waals surface area contributed by atoms with Crippen LogP contribution in [0.5, 0.6) is 0 Å². The molecule has 0 aromatic heterocycles. The Labute approximate surface area is 257 Å². The standard InChI is InChI=1S/C35H56O8/c1-30(2)13-15-35(29(40)41)16-14-33(5)20(21(35)17-30)7-8-24-31(3)11-10-25(43-28-27(39)26(38)22(37)18-42-28)32(4,19-36)23(31)9-12-34(24,33)6/h7,21-28,36-39H,8-19H2,1-6H3,(H,40,41)/t21-,22+,23+,24+,25-,26-,27+,28-,31-,32+,33+,34+,35-/m0/s1. The van der Waals surface area contributed by atoms with Crippen LogP contribution in [0.4, 0.5) is 0 Å². The lowest BCUT2D eigenvalue weighted by Crippen LogP contribution is -2.66. The topological polar surface area (TPSA) is 137 Å². The number of aliphatic hydroxyl groups is 4. The SMILES string of the molecule is CC1(C)CC[C@]2(C(=O)O)CC[C@]3(C)C(=CC[C@@H]4[C@@]5(C)CC[C@H](O[C@@H]6OC[C@@H](O)[C@H](O)[C@H]6O)[C@](C)(CO)[C@@H]5CC[C@]43C)[C@@H]2C1. The summed E-state index contributed by atoms with van der Waals surface area (Å²) in [6.07, 6.45) is 6.03. The third-order valence-electron chi connectivity index (χ3n) is 14.9. The van der Waals surface area contributed by atoms with Crippen LogP contribution < -0.4 is 0 Å². The molecule has 1 aliphatic heterocycles. The van der Waals surface area contributed by atoms with E-state index in [0.717, 1.165) is 57.8 Å². The van der Waals surface area contributed by atoms with Gasteiger partial charge in [0.2, 0.25) is 0 Å². The molecule has 6 aliphatic rings. The summed E-state index contributed by atoms with van der Waals surface area (Å²) in [5, 5.41) is 52.3. The Hall–Kier alpha value is -1.03. The molecule has 4 saturated carbocycles. The fraction of sp³-hybridized carbons (Fsp3) is 0.914. The zero-order chi connectivity index (χ0) is 31.4. The van der Waals surface area contributed by atoms with Gasteiger partial charge in [0.15, 0.2) is 6.29 Å². The Balaban J connectivity index is 1.32. The Morgan fingerprint density at radius 1 is 0.930 bits per heavy atom. The van der Waals surface area contributed by atoms with Crippen LogP contribution in [0.15, 0.2) is 11.6 Å². The molecule has 0 spiro atoms. The number of rotatable bonds is 4. The Kier molecular flexibility index (Phi) is 7.60. The molecule has 6 rings (SSSR count). The molecule has 0 aromatic carbocycles. The summed E-state index contributed by atoms with van der Waals surface area (Å²) < 4.78 is 12.0. The van der Waals surface area contributed by atoms with Gasteiger partial charge in [0.25, 0.3) is 0 Å². The lowest BCUT2D eigenvalue weighted by Gasteiger charge is -2.71. The average Bonchev–Trinajstić information content (AvgIpc) is 2.94. The molecule has 0 radical (unpaired) electrons. The lowest BCUT2D eigenvalue weighted by molar-refractivity contribution is -0.312. The normalized spacial score (nSPS) is 54.3. The number of allylic oxidation sites excluding steroid dienone is 2. The van der Waals surface area contributed by atoms with Gasteiger partial charge in [-0.1, -0.05) is 53.2 Å². The lowest BCUT2D eigenvalue weighted by atomic mass is 9.33. The molecule has 244 valence electrons. The van der Waals surface area contributed by atoms with Gasteiger partial charge in [-0.2, -0.15) is 0 Å². The average molecular weight is 605 g/mol. The van der Waals surface area contributed by atoms with Crippen LogP contribution in [0.25, 0.3) is 0 Å². The highest BCUT2D eigenvalue weighted by Gasteiger charge is 2.70. The number of carbonyl (C=O) groups is 1. The second kappa shape index (κ2) is 10.2. The largest absolute Gasteiger partial charge is 0.481 e. The van der Waals surface area contributed by atoms with Crippen molar-refractivity contribution in [3.05, 3.63) is 11.6 Å². The van der Waals surface area contributed by atoms with E-state index in [2.05, 4.69) is 47.6 Å². The summed E-state index contributed by atoms with van der Waals surface area (Å²) in [6.45, 7) is 13.9. The van der Waals surface area contributed by atoms with Crippen molar-refractivity contribution >= 4 is 5.97 Å². The van der Waals surface area contributed by atoms with Crippen LogP contribution in [0.2, 0.25) is 0 Å². The maximum atomic E-state index is 12.9. The van der Waals surface area contributed by atoms with Crippen LogP contribution in [0.1, 0.15) is 106 Å². The molecule has 8 nitrogen and oxygen atoms in total. The number of carboxylic acid groups (broad SMARTS) is 1. The van der Waals surface area contributed by atoms with E-state index in [0.29, 0.717) is 12.3 Å². The summed E-state index contributed by atoms with van der Waals surface area (Å²) in [5.41, 5.74) is 0.232. The highest BCUT2D eigenvalue weighted by molar-refractivity contribution is 5.76. The van der Waals surface area contributed by atoms with Crippen molar-refractivity contribution < 1.29 is 39.8 Å². The van der Waals surface area contributed by atoms with Crippen molar-refractivity contribution in [2.45, 2.75) is 136 Å². The molecular weight excluding hydrogens is 548 g/mol. The van der Waals surface area contributed by atoms with Gasteiger partial charge in [0.05, 0.1) is 24.7 Å². The first-order valence-electron chi connectivity index (χ1n) is 16.9. The highest BCUT2D eigenvalue weighted by Crippen LogP contribution is 2.76. The fourth-order valence-corrected chi connectivity index (χ4v) is 11.9. The van der Waals surface area contributed by atoms with E-state index in [4.69, 9.17) is 9.47 Å². The summed E-state index contributed by atoms with van der Waals surface area (Å²) in [7, 11) is 0. The van der Waals surface area contributed by atoms with Gasteiger partial charge in [-0.3, -0.25) is 4.79 Å². The summed E-state index contributed by atoms with van der Waals surface area (Å²) in [4.78, 5) is 12.9. The van der Waals surface area contributed by atoms with Crippen molar-refractivity contribution in [1.29, 1.82) is 0 Å². The summed E-state index contributed by atoms with van der Waals surface area (Å²) in [5.74, 6) is 0.0529. The van der Waals surface area contributed by atoms with Gasteiger partial charge in [0, 0.05) is 5.41 Å². The first kappa shape index (κ1) is 31.9. The van der Waals surface area contributed by atoms with Gasteiger partial charge in [0.1, 0.15) is 18.3 Å². The minimum atomic E-state index is -1.36. The number of fused-ring (bicyclic) bond motifs is 7. The molecule has 0 unspecified atom stereocenters. The van der Waals surface area contributed by atoms with E-state index in [-0.39, 0.29) is 52.8 Å². The zero-order valence-electron chi connectivity index (χ0n) is 27.1. The third kappa shape index (κ3) is 4.32. The number of aliphatic carboxylic acids is 1. The minimum Gasteiger partial charge on any atom is -0.481 e. The Bertz CT molecular complexity index is 1150. The van der Waals surface area contributed by atoms with Crippen molar-refractivity contribution in [3.63, 3.8) is 0 Å². The van der Waals surface area contributed by atoms with Crippen LogP contribution in [0.3, 0.4) is 0 Å². The predicted octanol–water partition coefficient (Wildman–Crippen LogP) is 4.67. The quantitative estimate of drug-likeness (QED) is 0.231. The number of hydrogen-bond donors (Lipinski definition) is 5. The molecule has 8 heteroatoms. The van der Waals surface area contributed by atoms with Crippen LogP contribution in [-0.2, 0) is 14.3 Å². The Morgan fingerprint density at radius 3 is 2.30 bits per heavy atom. The molecule has 13 atom stereocenters. The molecule has 1 heterocycles. The van der Waals surface area contributed by atoms with Gasteiger partial charge in [-0.05, 0) is 104 Å². The smallest absolute Gasteiger partial charge is 0.310 e. The number of aliphatic hydroxyl groups excluding tert-OH is 4. The predicted molar refractivity (Wildman–Crippen MR) is 161 cm³/mol. The van der Waals surface area contributed by atoms with E-state index < -0.39 is 41.4 Å².